The van der Waals surface area contributed by atoms with Crippen molar-refractivity contribution in [1.29, 1.82) is 0 Å². The Hall–Kier alpha value is -0.830. The molecular weight excluding hydrogens is 168 g/mol. The van der Waals surface area contributed by atoms with Crippen molar-refractivity contribution in [2.75, 3.05) is 11.9 Å². The summed E-state index contributed by atoms with van der Waals surface area (Å²) in [5, 5.41) is 4.21. The van der Waals surface area contributed by atoms with Gasteiger partial charge in [0.2, 0.25) is 0 Å². The van der Waals surface area contributed by atoms with Crippen LogP contribution in [0.15, 0.2) is 12.2 Å². The van der Waals surface area contributed by atoms with E-state index < -0.39 is 0 Å². The summed E-state index contributed by atoms with van der Waals surface area (Å²) in [6.07, 6.45) is 0. The summed E-state index contributed by atoms with van der Waals surface area (Å²) in [6.45, 7) is 10.7. The number of aromatic nitrogens is 1. The molecular formula is C9H14N2S. The molecule has 3 heteroatoms. The van der Waals surface area contributed by atoms with E-state index in [1.165, 1.54) is 4.88 Å². The summed E-state index contributed by atoms with van der Waals surface area (Å²) >= 11 is 1.69. The van der Waals surface area contributed by atoms with Crippen LogP contribution in [0.1, 0.15) is 17.5 Å². The largest absolute Gasteiger partial charge is 0.358 e. The van der Waals surface area contributed by atoms with Crippen molar-refractivity contribution >= 4 is 16.5 Å². The fourth-order valence-electron chi connectivity index (χ4n) is 0.775. The third kappa shape index (κ3) is 2.34. The number of hydrogen-bond donors (Lipinski definition) is 1. The number of hydrogen-bond acceptors (Lipinski definition) is 3. The first-order chi connectivity index (χ1) is 5.59. The maximum Gasteiger partial charge on any atom is 0.183 e. The fourth-order valence-corrected chi connectivity index (χ4v) is 1.59. The molecule has 0 aliphatic rings. The van der Waals surface area contributed by atoms with Crippen LogP contribution in [0.2, 0.25) is 0 Å². The molecule has 1 N–H and O–H groups in total. The van der Waals surface area contributed by atoms with Gasteiger partial charge in [0.15, 0.2) is 5.13 Å². The normalized spacial score (nSPS) is 9.92. The van der Waals surface area contributed by atoms with E-state index in [1.807, 2.05) is 13.8 Å². The quantitative estimate of drug-likeness (QED) is 0.727. The van der Waals surface area contributed by atoms with Crippen molar-refractivity contribution in [3.63, 3.8) is 0 Å². The van der Waals surface area contributed by atoms with E-state index in [9.17, 15) is 0 Å². The average molecular weight is 182 g/mol. The number of nitrogens with zero attached hydrogens (tertiary/aromatic N) is 1. The predicted molar refractivity (Wildman–Crippen MR) is 54.9 cm³/mol. The van der Waals surface area contributed by atoms with Crippen LogP contribution in [-0.2, 0) is 0 Å². The van der Waals surface area contributed by atoms with Gasteiger partial charge in [-0.25, -0.2) is 4.98 Å². The molecule has 0 bridgehead atoms. The van der Waals surface area contributed by atoms with Crippen LogP contribution in [-0.4, -0.2) is 11.5 Å². The molecule has 0 saturated carbocycles. The predicted octanol–water partition coefficient (Wildman–Crippen LogP) is 2.75. The number of rotatable bonds is 3. The number of aryl methyl sites for hydroxylation is 2. The second kappa shape index (κ2) is 3.72. The van der Waals surface area contributed by atoms with Crippen LogP contribution in [0.3, 0.4) is 0 Å². The Balaban J connectivity index is 2.58. The lowest BCUT2D eigenvalue weighted by atomic mass is 10.4. The van der Waals surface area contributed by atoms with Gasteiger partial charge in [-0.1, -0.05) is 12.2 Å². The third-order valence-corrected chi connectivity index (χ3v) is 2.60. The van der Waals surface area contributed by atoms with Crippen LogP contribution in [0.4, 0.5) is 5.13 Å². The minimum absolute atomic E-state index is 0.812. The van der Waals surface area contributed by atoms with E-state index in [1.54, 1.807) is 11.3 Å². The molecule has 0 spiro atoms. The Bertz CT molecular complexity index is 269. The van der Waals surface area contributed by atoms with Gasteiger partial charge in [-0.15, -0.1) is 11.3 Å². The fraction of sp³-hybridized carbons (Fsp3) is 0.444. The molecule has 1 aromatic heterocycles. The van der Waals surface area contributed by atoms with Gasteiger partial charge in [-0.3, -0.25) is 0 Å². The van der Waals surface area contributed by atoms with E-state index in [-0.39, 0.29) is 0 Å². The lowest BCUT2D eigenvalue weighted by Gasteiger charge is -1.99. The van der Waals surface area contributed by atoms with Crippen molar-refractivity contribution < 1.29 is 0 Å². The Labute approximate surface area is 77.3 Å². The van der Waals surface area contributed by atoms with E-state index in [4.69, 9.17) is 0 Å². The highest BCUT2D eigenvalue weighted by Crippen LogP contribution is 2.20. The first-order valence-electron chi connectivity index (χ1n) is 3.92. The van der Waals surface area contributed by atoms with Crippen molar-refractivity contribution in [1.82, 2.24) is 4.98 Å². The van der Waals surface area contributed by atoms with Gasteiger partial charge in [-0.05, 0) is 20.8 Å². The van der Waals surface area contributed by atoms with E-state index >= 15 is 0 Å². The number of nitrogens with one attached hydrogen (secondary N) is 1. The van der Waals surface area contributed by atoms with Crippen LogP contribution >= 0.6 is 11.3 Å². The summed E-state index contributed by atoms with van der Waals surface area (Å²) in [6, 6.07) is 0. The minimum atomic E-state index is 0.812. The molecule has 1 rings (SSSR count). The molecule has 2 nitrogen and oxygen atoms in total. The van der Waals surface area contributed by atoms with Crippen molar-refractivity contribution in [3.8, 4) is 0 Å². The van der Waals surface area contributed by atoms with Crippen molar-refractivity contribution in [2.24, 2.45) is 0 Å². The molecule has 0 fully saturated rings. The molecule has 0 amide bonds. The van der Waals surface area contributed by atoms with Crippen molar-refractivity contribution in [3.05, 3.63) is 22.7 Å². The zero-order valence-electron chi connectivity index (χ0n) is 7.77. The SMILES string of the molecule is C=C(C)CNc1nc(C)c(C)s1. The van der Waals surface area contributed by atoms with E-state index in [2.05, 4.69) is 23.8 Å². The maximum absolute atomic E-state index is 4.35. The second-order valence-electron chi connectivity index (χ2n) is 2.97. The lowest BCUT2D eigenvalue weighted by molar-refractivity contribution is 1.16. The van der Waals surface area contributed by atoms with Gasteiger partial charge in [-0.2, -0.15) is 0 Å². The number of anilines is 1. The molecule has 0 aromatic carbocycles. The van der Waals surface area contributed by atoms with Gasteiger partial charge in [0.05, 0.1) is 5.69 Å². The van der Waals surface area contributed by atoms with E-state index in [0.29, 0.717) is 0 Å². The molecule has 0 radical (unpaired) electrons. The highest BCUT2D eigenvalue weighted by atomic mass is 32.1. The Kier molecular flexibility index (Phi) is 2.87. The van der Waals surface area contributed by atoms with Gasteiger partial charge < -0.3 is 5.32 Å². The molecule has 0 unspecified atom stereocenters. The molecule has 1 heterocycles. The first kappa shape index (κ1) is 9.26. The molecule has 0 atom stereocenters. The van der Waals surface area contributed by atoms with Gasteiger partial charge >= 0.3 is 0 Å². The van der Waals surface area contributed by atoms with Crippen LogP contribution in [0.5, 0.6) is 0 Å². The molecule has 0 saturated heterocycles. The summed E-state index contributed by atoms with van der Waals surface area (Å²) in [7, 11) is 0. The van der Waals surface area contributed by atoms with Crippen LogP contribution in [0.25, 0.3) is 0 Å². The summed E-state index contributed by atoms with van der Waals surface area (Å²) in [5.74, 6) is 0. The molecule has 0 aliphatic carbocycles. The average Bonchev–Trinajstić information content (AvgIpc) is 2.28. The highest BCUT2D eigenvalue weighted by Gasteiger charge is 2.01. The zero-order chi connectivity index (χ0) is 9.14. The van der Waals surface area contributed by atoms with Gasteiger partial charge in [0.1, 0.15) is 0 Å². The topological polar surface area (TPSA) is 24.9 Å². The Morgan fingerprint density at radius 2 is 2.25 bits per heavy atom. The van der Waals surface area contributed by atoms with Gasteiger partial charge in [0.25, 0.3) is 0 Å². The monoisotopic (exact) mass is 182 g/mol. The minimum Gasteiger partial charge on any atom is -0.358 e. The van der Waals surface area contributed by atoms with Crippen molar-refractivity contribution in [2.45, 2.75) is 20.8 Å². The van der Waals surface area contributed by atoms with E-state index in [0.717, 1.165) is 22.9 Å². The lowest BCUT2D eigenvalue weighted by Crippen LogP contribution is -2.00. The Morgan fingerprint density at radius 3 is 2.67 bits per heavy atom. The van der Waals surface area contributed by atoms with Crippen LogP contribution in [0, 0.1) is 13.8 Å². The second-order valence-corrected chi connectivity index (χ2v) is 4.17. The molecule has 12 heavy (non-hydrogen) atoms. The number of thiazole rings is 1. The third-order valence-electron chi connectivity index (χ3n) is 1.57. The standard InChI is InChI=1S/C9H14N2S/c1-6(2)5-10-9-11-7(3)8(4)12-9/h1,5H2,2-4H3,(H,10,11). The van der Waals surface area contributed by atoms with Gasteiger partial charge in [0, 0.05) is 11.4 Å². The zero-order valence-corrected chi connectivity index (χ0v) is 8.59. The molecule has 0 aliphatic heterocycles. The highest BCUT2D eigenvalue weighted by molar-refractivity contribution is 7.15. The summed E-state index contributed by atoms with van der Waals surface area (Å²) < 4.78 is 0. The Morgan fingerprint density at radius 1 is 1.58 bits per heavy atom. The summed E-state index contributed by atoms with van der Waals surface area (Å²) in [5.41, 5.74) is 2.24. The first-order valence-corrected chi connectivity index (χ1v) is 4.73. The molecule has 1 aromatic rings. The molecule has 66 valence electrons. The smallest absolute Gasteiger partial charge is 0.183 e. The van der Waals surface area contributed by atoms with Crippen LogP contribution < -0.4 is 5.32 Å². The maximum atomic E-state index is 4.35. The summed E-state index contributed by atoms with van der Waals surface area (Å²) in [4.78, 5) is 5.63.